The SMILES string of the molecule is COC(=O)NC(C)CO. The van der Waals surface area contributed by atoms with E-state index in [1.54, 1.807) is 6.92 Å². The fraction of sp³-hybridized carbons (Fsp3) is 0.800. The second-order valence-electron chi connectivity index (χ2n) is 1.72. The molecular formula is C5H11NO3. The molecule has 9 heavy (non-hydrogen) atoms. The molecule has 0 aliphatic rings. The summed E-state index contributed by atoms with van der Waals surface area (Å²) in [4.78, 5) is 10.3. The molecule has 0 heterocycles. The lowest BCUT2D eigenvalue weighted by atomic mass is 10.4. The highest BCUT2D eigenvalue weighted by atomic mass is 16.5. The van der Waals surface area contributed by atoms with Gasteiger partial charge in [0.25, 0.3) is 0 Å². The number of methoxy groups -OCH3 is 1. The Hall–Kier alpha value is -0.770. The summed E-state index contributed by atoms with van der Waals surface area (Å²) >= 11 is 0. The summed E-state index contributed by atoms with van der Waals surface area (Å²) in [6.45, 7) is 1.60. The minimum atomic E-state index is -0.517. The van der Waals surface area contributed by atoms with Gasteiger partial charge in [0.1, 0.15) is 0 Å². The lowest BCUT2D eigenvalue weighted by molar-refractivity contribution is 0.159. The number of alkyl carbamates (subject to hydrolysis) is 1. The number of carbonyl (C=O) groups is 1. The van der Waals surface area contributed by atoms with Gasteiger partial charge in [0.05, 0.1) is 19.8 Å². The molecule has 4 heteroatoms. The largest absolute Gasteiger partial charge is 0.453 e. The number of aliphatic hydroxyl groups excluding tert-OH is 1. The minimum absolute atomic E-state index is 0.0743. The van der Waals surface area contributed by atoms with Crippen molar-refractivity contribution in [1.82, 2.24) is 5.32 Å². The van der Waals surface area contributed by atoms with Crippen LogP contribution in [0.3, 0.4) is 0 Å². The number of hydrogen-bond donors (Lipinski definition) is 2. The predicted octanol–water partition coefficient (Wildman–Crippen LogP) is -0.277. The second-order valence-corrected chi connectivity index (χ2v) is 1.72. The van der Waals surface area contributed by atoms with Crippen molar-refractivity contribution < 1.29 is 14.6 Å². The second kappa shape index (κ2) is 4.14. The standard InChI is InChI=1S/C5H11NO3/c1-4(3-7)6-5(8)9-2/h4,7H,3H2,1-2H3,(H,6,8). The third-order valence-corrected chi connectivity index (χ3v) is 0.824. The Morgan fingerprint density at radius 3 is 2.78 bits per heavy atom. The van der Waals surface area contributed by atoms with Gasteiger partial charge in [-0.15, -0.1) is 0 Å². The summed E-state index contributed by atoms with van der Waals surface area (Å²) in [5, 5.41) is 10.8. The van der Waals surface area contributed by atoms with Gasteiger partial charge in [-0.25, -0.2) is 4.79 Å². The lowest BCUT2D eigenvalue weighted by Gasteiger charge is -2.07. The van der Waals surface area contributed by atoms with Crippen LogP contribution >= 0.6 is 0 Å². The Kier molecular flexibility index (Phi) is 3.79. The Morgan fingerprint density at radius 2 is 2.44 bits per heavy atom. The fourth-order valence-electron chi connectivity index (χ4n) is 0.306. The van der Waals surface area contributed by atoms with Crippen LogP contribution in [0.25, 0.3) is 0 Å². The van der Waals surface area contributed by atoms with Gasteiger partial charge >= 0.3 is 6.09 Å². The zero-order valence-electron chi connectivity index (χ0n) is 5.55. The van der Waals surface area contributed by atoms with E-state index >= 15 is 0 Å². The molecule has 0 aliphatic carbocycles. The molecule has 54 valence electrons. The number of nitrogens with one attached hydrogen (secondary N) is 1. The number of amides is 1. The van der Waals surface area contributed by atoms with E-state index in [-0.39, 0.29) is 12.6 Å². The van der Waals surface area contributed by atoms with Crippen molar-refractivity contribution in [2.75, 3.05) is 13.7 Å². The van der Waals surface area contributed by atoms with Gasteiger partial charge in [0, 0.05) is 0 Å². The smallest absolute Gasteiger partial charge is 0.407 e. The maximum absolute atomic E-state index is 10.3. The van der Waals surface area contributed by atoms with E-state index in [1.807, 2.05) is 0 Å². The maximum atomic E-state index is 10.3. The van der Waals surface area contributed by atoms with Crippen LogP contribution in [0, 0.1) is 0 Å². The van der Waals surface area contributed by atoms with Crippen molar-refractivity contribution in [2.24, 2.45) is 0 Å². The molecule has 0 aliphatic heterocycles. The normalized spacial score (nSPS) is 12.3. The molecule has 0 aromatic heterocycles. The van der Waals surface area contributed by atoms with Crippen molar-refractivity contribution in [3.05, 3.63) is 0 Å². The average molecular weight is 133 g/mol. The molecule has 0 rings (SSSR count). The van der Waals surface area contributed by atoms with Crippen molar-refractivity contribution in [3.63, 3.8) is 0 Å². The molecule has 1 amide bonds. The molecule has 0 spiro atoms. The van der Waals surface area contributed by atoms with E-state index in [0.717, 1.165) is 0 Å². The molecule has 0 aromatic carbocycles. The quantitative estimate of drug-likeness (QED) is 0.544. The number of rotatable bonds is 2. The number of aliphatic hydroxyl groups is 1. The van der Waals surface area contributed by atoms with Gasteiger partial charge in [-0.1, -0.05) is 0 Å². The van der Waals surface area contributed by atoms with Crippen LogP contribution in [0.15, 0.2) is 0 Å². The zero-order chi connectivity index (χ0) is 7.28. The molecule has 4 nitrogen and oxygen atoms in total. The summed E-state index contributed by atoms with van der Waals surface area (Å²) in [6, 6.07) is -0.238. The van der Waals surface area contributed by atoms with Gasteiger partial charge in [0.2, 0.25) is 0 Å². The van der Waals surface area contributed by atoms with Gasteiger partial charge in [-0.2, -0.15) is 0 Å². The molecular weight excluding hydrogens is 122 g/mol. The fourth-order valence-corrected chi connectivity index (χ4v) is 0.306. The first-order valence-corrected chi connectivity index (χ1v) is 2.66. The zero-order valence-corrected chi connectivity index (χ0v) is 5.55. The van der Waals surface area contributed by atoms with Crippen LogP contribution in [0.5, 0.6) is 0 Å². The summed E-state index contributed by atoms with van der Waals surface area (Å²) < 4.78 is 4.26. The third kappa shape index (κ3) is 3.78. The van der Waals surface area contributed by atoms with Crippen LogP contribution in [0.2, 0.25) is 0 Å². The van der Waals surface area contributed by atoms with Gasteiger partial charge < -0.3 is 15.2 Å². The molecule has 0 saturated carbocycles. The van der Waals surface area contributed by atoms with Crippen LogP contribution in [-0.4, -0.2) is 31.0 Å². The molecule has 1 unspecified atom stereocenters. The highest BCUT2D eigenvalue weighted by Crippen LogP contribution is 1.79. The van der Waals surface area contributed by atoms with Gasteiger partial charge in [-0.05, 0) is 6.92 Å². The van der Waals surface area contributed by atoms with E-state index in [1.165, 1.54) is 7.11 Å². The first-order chi connectivity index (χ1) is 4.20. The Balaban J connectivity index is 3.34. The highest BCUT2D eigenvalue weighted by Gasteiger charge is 2.02. The predicted molar refractivity (Wildman–Crippen MR) is 32.1 cm³/mol. The van der Waals surface area contributed by atoms with Crippen molar-refractivity contribution in [2.45, 2.75) is 13.0 Å². The first kappa shape index (κ1) is 8.23. The summed E-state index contributed by atoms with van der Waals surface area (Å²) in [6.07, 6.45) is -0.517. The molecule has 0 saturated heterocycles. The molecule has 1 atom stereocenters. The van der Waals surface area contributed by atoms with E-state index in [4.69, 9.17) is 5.11 Å². The highest BCUT2D eigenvalue weighted by molar-refractivity contribution is 5.67. The molecule has 0 radical (unpaired) electrons. The van der Waals surface area contributed by atoms with Crippen molar-refractivity contribution >= 4 is 6.09 Å². The molecule has 0 fully saturated rings. The number of carbonyl (C=O) groups excluding carboxylic acids is 1. The summed E-state index contributed by atoms with van der Waals surface area (Å²) in [5.41, 5.74) is 0. The summed E-state index contributed by atoms with van der Waals surface area (Å²) in [5.74, 6) is 0. The molecule has 0 bridgehead atoms. The maximum Gasteiger partial charge on any atom is 0.407 e. The van der Waals surface area contributed by atoms with Crippen LogP contribution in [0.4, 0.5) is 4.79 Å². The van der Waals surface area contributed by atoms with Gasteiger partial charge in [0.15, 0.2) is 0 Å². The van der Waals surface area contributed by atoms with E-state index in [0.29, 0.717) is 0 Å². The summed E-state index contributed by atoms with van der Waals surface area (Å²) in [7, 11) is 1.28. The third-order valence-electron chi connectivity index (χ3n) is 0.824. The molecule has 2 N–H and O–H groups in total. The molecule has 0 aromatic rings. The Bertz CT molecular complexity index is 94.2. The van der Waals surface area contributed by atoms with Crippen molar-refractivity contribution in [3.8, 4) is 0 Å². The lowest BCUT2D eigenvalue weighted by Crippen LogP contribution is -2.34. The first-order valence-electron chi connectivity index (χ1n) is 2.66. The minimum Gasteiger partial charge on any atom is -0.453 e. The van der Waals surface area contributed by atoms with Crippen molar-refractivity contribution in [1.29, 1.82) is 0 Å². The average Bonchev–Trinajstić information content (AvgIpc) is 1.87. The topological polar surface area (TPSA) is 58.6 Å². The van der Waals surface area contributed by atoms with Gasteiger partial charge in [-0.3, -0.25) is 0 Å². The van der Waals surface area contributed by atoms with Crippen LogP contribution < -0.4 is 5.32 Å². The monoisotopic (exact) mass is 133 g/mol. The Morgan fingerprint density at radius 1 is 1.89 bits per heavy atom. The number of ether oxygens (including phenoxy) is 1. The van der Waals surface area contributed by atoms with E-state index < -0.39 is 6.09 Å². The van der Waals surface area contributed by atoms with Crippen LogP contribution in [-0.2, 0) is 4.74 Å². The number of hydrogen-bond acceptors (Lipinski definition) is 3. The van der Waals surface area contributed by atoms with Crippen LogP contribution in [0.1, 0.15) is 6.92 Å². The Labute approximate surface area is 53.8 Å². The van der Waals surface area contributed by atoms with E-state index in [2.05, 4.69) is 10.1 Å². The van der Waals surface area contributed by atoms with E-state index in [9.17, 15) is 4.79 Å².